The van der Waals surface area contributed by atoms with E-state index in [1.165, 1.54) is 71.4 Å². The first-order valence-electron chi connectivity index (χ1n) is 7.82. The molecule has 3 heteroatoms. The van der Waals surface area contributed by atoms with E-state index in [0.29, 0.717) is 0 Å². The number of hydrogen-bond donors (Lipinski definition) is 1. The quantitative estimate of drug-likeness (QED) is 0.804. The number of nitrogens with one attached hydrogen (secondary N) is 1. The van der Waals surface area contributed by atoms with Crippen molar-refractivity contribution in [3.8, 4) is 0 Å². The van der Waals surface area contributed by atoms with Gasteiger partial charge in [-0.05, 0) is 84.2 Å². The first-order valence-corrected chi connectivity index (χ1v) is 7.82. The van der Waals surface area contributed by atoms with Gasteiger partial charge in [-0.15, -0.1) is 0 Å². The summed E-state index contributed by atoms with van der Waals surface area (Å²) in [6.07, 6.45) is 7.01. The summed E-state index contributed by atoms with van der Waals surface area (Å²) in [7, 11) is 4.58. The van der Waals surface area contributed by atoms with E-state index in [-0.39, 0.29) is 0 Å². The number of nitrogens with zero attached hydrogens (tertiary/aromatic N) is 2. The van der Waals surface area contributed by atoms with E-state index in [2.05, 4.69) is 29.2 Å². The number of likely N-dealkylation sites (tertiary alicyclic amines) is 1. The lowest BCUT2D eigenvalue weighted by Crippen LogP contribution is -2.38. The normalized spacial score (nSPS) is 27.8. The summed E-state index contributed by atoms with van der Waals surface area (Å²) in [4.78, 5) is 5.07. The minimum absolute atomic E-state index is 0.904. The molecule has 2 aliphatic heterocycles. The van der Waals surface area contributed by atoms with Crippen molar-refractivity contribution in [1.29, 1.82) is 0 Å². The van der Waals surface area contributed by atoms with Crippen molar-refractivity contribution in [2.24, 2.45) is 11.8 Å². The molecule has 2 saturated heterocycles. The standard InChI is InChI=1S/C15H31N3/c1-17-10-3-4-15(12-17)13-18(2)11-7-14-5-8-16-9-6-14/h14-16H,3-13H2,1-2H3. The molecule has 0 spiro atoms. The minimum Gasteiger partial charge on any atom is -0.317 e. The molecule has 2 heterocycles. The average molecular weight is 253 g/mol. The Hall–Kier alpha value is -0.120. The van der Waals surface area contributed by atoms with E-state index in [9.17, 15) is 0 Å². The Morgan fingerprint density at radius 3 is 2.67 bits per heavy atom. The minimum atomic E-state index is 0.904. The highest BCUT2D eigenvalue weighted by molar-refractivity contribution is 4.74. The molecule has 1 atom stereocenters. The third-order valence-electron chi connectivity index (χ3n) is 4.67. The molecule has 1 N–H and O–H groups in total. The van der Waals surface area contributed by atoms with Crippen LogP contribution in [0.1, 0.15) is 32.1 Å². The highest BCUT2D eigenvalue weighted by Crippen LogP contribution is 2.18. The second kappa shape index (κ2) is 7.46. The van der Waals surface area contributed by atoms with Crippen molar-refractivity contribution >= 4 is 0 Å². The maximum atomic E-state index is 3.45. The number of hydrogen-bond acceptors (Lipinski definition) is 3. The highest BCUT2D eigenvalue weighted by Gasteiger charge is 2.19. The van der Waals surface area contributed by atoms with Crippen LogP contribution in [0.25, 0.3) is 0 Å². The molecule has 0 radical (unpaired) electrons. The predicted octanol–water partition coefficient (Wildman–Crippen LogP) is 1.65. The van der Waals surface area contributed by atoms with Crippen LogP contribution < -0.4 is 5.32 Å². The molecule has 0 saturated carbocycles. The van der Waals surface area contributed by atoms with Crippen molar-refractivity contribution in [2.75, 3.05) is 53.4 Å². The van der Waals surface area contributed by atoms with E-state index in [0.717, 1.165) is 11.8 Å². The summed E-state index contributed by atoms with van der Waals surface area (Å²) in [6, 6.07) is 0. The van der Waals surface area contributed by atoms with Gasteiger partial charge in [0.25, 0.3) is 0 Å². The van der Waals surface area contributed by atoms with E-state index in [1.54, 1.807) is 0 Å². The summed E-state index contributed by atoms with van der Waals surface area (Å²) < 4.78 is 0. The van der Waals surface area contributed by atoms with E-state index in [4.69, 9.17) is 0 Å². The van der Waals surface area contributed by atoms with E-state index in [1.807, 2.05) is 0 Å². The van der Waals surface area contributed by atoms with Crippen LogP contribution in [0.5, 0.6) is 0 Å². The topological polar surface area (TPSA) is 18.5 Å². The first-order chi connectivity index (χ1) is 8.74. The fourth-order valence-electron chi connectivity index (χ4n) is 3.53. The van der Waals surface area contributed by atoms with Crippen LogP contribution in [0.15, 0.2) is 0 Å². The van der Waals surface area contributed by atoms with Crippen LogP contribution in [-0.2, 0) is 0 Å². The van der Waals surface area contributed by atoms with Gasteiger partial charge in [0.2, 0.25) is 0 Å². The van der Waals surface area contributed by atoms with Gasteiger partial charge >= 0.3 is 0 Å². The smallest absolute Gasteiger partial charge is 0.00188 e. The molecule has 2 aliphatic rings. The van der Waals surface area contributed by atoms with Gasteiger partial charge in [-0.1, -0.05) is 0 Å². The molecule has 3 nitrogen and oxygen atoms in total. The van der Waals surface area contributed by atoms with Gasteiger partial charge in [-0.2, -0.15) is 0 Å². The summed E-state index contributed by atoms with van der Waals surface area (Å²) in [6.45, 7) is 7.68. The second-order valence-electron chi connectivity index (χ2n) is 6.51. The number of piperidine rings is 2. The summed E-state index contributed by atoms with van der Waals surface area (Å²) in [5, 5.41) is 3.45. The van der Waals surface area contributed by atoms with Crippen LogP contribution in [0.3, 0.4) is 0 Å². The molecule has 0 aromatic rings. The fraction of sp³-hybridized carbons (Fsp3) is 1.00. The van der Waals surface area contributed by atoms with Gasteiger partial charge in [0.15, 0.2) is 0 Å². The molecule has 0 aromatic carbocycles. The Balaban J connectivity index is 1.60. The van der Waals surface area contributed by atoms with Crippen molar-refractivity contribution in [3.05, 3.63) is 0 Å². The molecule has 0 aromatic heterocycles. The van der Waals surface area contributed by atoms with Gasteiger partial charge in [0, 0.05) is 13.1 Å². The summed E-state index contributed by atoms with van der Waals surface area (Å²) in [5.41, 5.74) is 0. The van der Waals surface area contributed by atoms with E-state index < -0.39 is 0 Å². The zero-order valence-electron chi connectivity index (χ0n) is 12.3. The zero-order valence-corrected chi connectivity index (χ0v) is 12.3. The Morgan fingerprint density at radius 2 is 1.94 bits per heavy atom. The third kappa shape index (κ3) is 4.87. The lowest BCUT2D eigenvalue weighted by molar-refractivity contribution is 0.160. The lowest BCUT2D eigenvalue weighted by Gasteiger charge is -2.33. The van der Waals surface area contributed by atoms with Crippen molar-refractivity contribution in [3.63, 3.8) is 0 Å². The highest BCUT2D eigenvalue weighted by atomic mass is 15.1. The molecule has 1 unspecified atom stereocenters. The molecule has 2 fully saturated rings. The van der Waals surface area contributed by atoms with Gasteiger partial charge in [-0.3, -0.25) is 0 Å². The molecular formula is C15H31N3. The lowest BCUT2D eigenvalue weighted by atomic mass is 9.94. The average Bonchev–Trinajstić information content (AvgIpc) is 2.38. The summed E-state index contributed by atoms with van der Waals surface area (Å²) in [5.74, 6) is 1.88. The van der Waals surface area contributed by atoms with Crippen molar-refractivity contribution < 1.29 is 0 Å². The maximum Gasteiger partial charge on any atom is 0.00188 e. The first kappa shape index (κ1) is 14.3. The van der Waals surface area contributed by atoms with Crippen LogP contribution >= 0.6 is 0 Å². The maximum absolute atomic E-state index is 3.45. The Morgan fingerprint density at radius 1 is 1.17 bits per heavy atom. The van der Waals surface area contributed by atoms with Crippen LogP contribution in [0, 0.1) is 11.8 Å². The Kier molecular flexibility index (Phi) is 5.93. The van der Waals surface area contributed by atoms with Gasteiger partial charge < -0.3 is 15.1 Å². The molecule has 18 heavy (non-hydrogen) atoms. The van der Waals surface area contributed by atoms with Crippen molar-refractivity contribution in [1.82, 2.24) is 15.1 Å². The molecule has 2 rings (SSSR count). The van der Waals surface area contributed by atoms with Gasteiger partial charge in [0.05, 0.1) is 0 Å². The van der Waals surface area contributed by atoms with Crippen LogP contribution in [0.4, 0.5) is 0 Å². The Labute approximate surface area is 113 Å². The number of rotatable bonds is 5. The van der Waals surface area contributed by atoms with Gasteiger partial charge in [-0.25, -0.2) is 0 Å². The van der Waals surface area contributed by atoms with Crippen LogP contribution in [-0.4, -0.2) is 63.2 Å². The summed E-state index contributed by atoms with van der Waals surface area (Å²) >= 11 is 0. The molecule has 0 aliphatic carbocycles. The molecule has 0 amide bonds. The molecule has 0 bridgehead atoms. The monoisotopic (exact) mass is 253 g/mol. The van der Waals surface area contributed by atoms with Crippen LogP contribution in [0.2, 0.25) is 0 Å². The van der Waals surface area contributed by atoms with Crippen molar-refractivity contribution in [2.45, 2.75) is 32.1 Å². The third-order valence-corrected chi connectivity index (χ3v) is 4.67. The Bertz CT molecular complexity index is 226. The fourth-order valence-corrected chi connectivity index (χ4v) is 3.53. The SMILES string of the molecule is CN1CCCC(CN(C)CCC2CCNCC2)C1. The zero-order chi connectivity index (χ0) is 12.8. The second-order valence-corrected chi connectivity index (χ2v) is 6.51. The molecular weight excluding hydrogens is 222 g/mol. The predicted molar refractivity (Wildman–Crippen MR) is 77.9 cm³/mol. The van der Waals surface area contributed by atoms with E-state index >= 15 is 0 Å². The largest absolute Gasteiger partial charge is 0.317 e. The molecule has 106 valence electrons. The van der Waals surface area contributed by atoms with Gasteiger partial charge in [0.1, 0.15) is 0 Å².